The lowest BCUT2D eigenvalue weighted by Gasteiger charge is -2.21. The summed E-state index contributed by atoms with van der Waals surface area (Å²) < 4.78 is 0. The van der Waals surface area contributed by atoms with Crippen LogP contribution in [0.3, 0.4) is 0 Å². The Kier molecular flexibility index (Phi) is 17.7. The standard InChI is InChI=1S/C22H46O2/c1-3-5-7-9-11-12-13-14-15-17-19-21-22(23,24)20-18-16-10-8-6-4-2/h23-24H,3-21H2,1-2H3. The van der Waals surface area contributed by atoms with Gasteiger partial charge in [-0.1, -0.05) is 110 Å². The molecule has 0 aromatic rings. The molecule has 0 rings (SSSR count). The lowest BCUT2D eigenvalue weighted by atomic mass is 9.99. The van der Waals surface area contributed by atoms with Crippen molar-refractivity contribution in [2.75, 3.05) is 0 Å². The summed E-state index contributed by atoms with van der Waals surface area (Å²) in [7, 11) is 0. The van der Waals surface area contributed by atoms with Gasteiger partial charge in [0.25, 0.3) is 0 Å². The monoisotopic (exact) mass is 342 g/mol. The maximum atomic E-state index is 10.0. The Morgan fingerprint density at radius 2 is 0.667 bits per heavy atom. The van der Waals surface area contributed by atoms with Gasteiger partial charge >= 0.3 is 0 Å². The average molecular weight is 343 g/mol. The zero-order chi connectivity index (χ0) is 17.9. The summed E-state index contributed by atoms with van der Waals surface area (Å²) in [4.78, 5) is 0. The normalized spacial score (nSPS) is 12.0. The van der Waals surface area contributed by atoms with Crippen molar-refractivity contribution in [2.24, 2.45) is 0 Å². The topological polar surface area (TPSA) is 40.5 Å². The van der Waals surface area contributed by atoms with Crippen LogP contribution in [0.2, 0.25) is 0 Å². The van der Waals surface area contributed by atoms with Crippen LogP contribution in [-0.2, 0) is 0 Å². The summed E-state index contributed by atoms with van der Waals surface area (Å²) in [5, 5.41) is 20.0. The molecule has 2 heteroatoms. The summed E-state index contributed by atoms with van der Waals surface area (Å²) in [6, 6.07) is 0. The summed E-state index contributed by atoms with van der Waals surface area (Å²) in [5.74, 6) is -1.41. The molecule has 0 atom stereocenters. The molecule has 0 aromatic carbocycles. The van der Waals surface area contributed by atoms with Gasteiger partial charge in [-0.15, -0.1) is 0 Å². The largest absolute Gasteiger partial charge is 0.366 e. The highest BCUT2D eigenvalue weighted by molar-refractivity contribution is 4.65. The average Bonchev–Trinajstić information content (AvgIpc) is 2.56. The predicted octanol–water partition coefficient (Wildman–Crippen LogP) is 7.12. The van der Waals surface area contributed by atoms with Crippen LogP contribution < -0.4 is 0 Å². The first-order chi connectivity index (χ1) is 11.6. The van der Waals surface area contributed by atoms with Crippen molar-refractivity contribution < 1.29 is 10.2 Å². The van der Waals surface area contributed by atoms with Crippen molar-refractivity contribution >= 4 is 0 Å². The van der Waals surface area contributed by atoms with Gasteiger partial charge in [-0.25, -0.2) is 0 Å². The molecule has 0 bridgehead atoms. The molecule has 146 valence electrons. The molecule has 24 heavy (non-hydrogen) atoms. The number of hydrogen-bond acceptors (Lipinski definition) is 2. The zero-order valence-corrected chi connectivity index (χ0v) is 16.8. The number of rotatable bonds is 19. The number of unbranched alkanes of at least 4 members (excludes halogenated alkanes) is 15. The Labute approximate surface area is 152 Å². The van der Waals surface area contributed by atoms with Crippen molar-refractivity contribution in [3.8, 4) is 0 Å². The van der Waals surface area contributed by atoms with Gasteiger partial charge in [-0.3, -0.25) is 0 Å². The Morgan fingerprint density at radius 3 is 0.958 bits per heavy atom. The SMILES string of the molecule is CCCCCCCCCCCCCC(O)(O)CCCCCCCC. The Balaban J connectivity index is 3.30. The molecule has 0 aliphatic heterocycles. The van der Waals surface area contributed by atoms with Crippen LogP contribution >= 0.6 is 0 Å². The van der Waals surface area contributed by atoms with Gasteiger partial charge in [0, 0.05) is 12.8 Å². The number of hydrogen-bond donors (Lipinski definition) is 2. The van der Waals surface area contributed by atoms with Gasteiger partial charge < -0.3 is 10.2 Å². The van der Waals surface area contributed by atoms with Gasteiger partial charge in [0.05, 0.1) is 0 Å². The van der Waals surface area contributed by atoms with Gasteiger partial charge in [-0.05, 0) is 12.8 Å². The molecule has 0 saturated carbocycles. The second-order valence-corrected chi connectivity index (χ2v) is 7.79. The highest BCUT2D eigenvalue weighted by Crippen LogP contribution is 2.21. The highest BCUT2D eigenvalue weighted by Gasteiger charge is 2.21. The molecule has 0 amide bonds. The predicted molar refractivity (Wildman–Crippen MR) is 106 cm³/mol. The van der Waals surface area contributed by atoms with Crippen molar-refractivity contribution in [3.05, 3.63) is 0 Å². The molecule has 0 spiro atoms. The third kappa shape index (κ3) is 18.3. The second kappa shape index (κ2) is 17.7. The van der Waals surface area contributed by atoms with E-state index in [0.717, 1.165) is 25.7 Å². The molecule has 0 heterocycles. The van der Waals surface area contributed by atoms with E-state index >= 15 is 0 Å². The fourth-order valence-electron chi connectivity index (χ4n) is 3.39. The summed E-state index contributed by atoms with van der Waals surface area (Å²) >= 11 is 0. The van der Waals surface area contributed by atoms with Crippen LogP contribution in [0, 0.1) is 0 Å². The molecular formula is C22H46O2. The zero-order valence-electron chi connectivity index (χ0n) is 16.8. The molecule has 0 aliphatic rings. The lowest BCUT2D eigenvalue weighted by molar-refractivity contribution is -0.172. The van der Waals surface area contributed by atoms with Crippen LogP contribution in [0.5, 0.6) is 0 Å². The molecule has 0 aliphatic carbocycles. The summed E-state index contributed by atoms with van der Waals surface area (Å²) in [5.41, 5.74) is 0. The quantitative estimate of drug-likeness (QED) is 0.194. The van der Waals surface area contributed by atoms with Crippen LogP contribution in [0.4, 0.5) is 0 Å². The van der Waals surface area contributed by atoms with Gasteiger partial charge in [-0.2, -0.15) is 0 Å². The van der Waals surface area contributed by atoms with Gasteiger partial charge in [0.1, 0.15) is 0 Å². The number of aliphatic hydroxyl groups is 2. The van der Waals surface area contributed by atoms with E-state index in [1.54, 1.807) is 0 Å². The fraction of sp³-hybridized carbons (Fsp3) is 1.00. The third-order valence-corrected chi connectivity index (χ3v) is 5.11. The van der Waals surface area contributed by atoms with E-state index in [0.29, 0.717) is 12.8 Å². The van der Waals surface area contributed by atoms with E-state index in [4.69, 9.17) is 0 Å². The Hall–Kier alpha value is -0.0800. The minimum Gasteiger partial charge on any atom is -0.366 e. The molecule has 0 fully saturated rings. The summed E-state index contributed by atoms with van der Waals surface area (Å²) in [6.07, 6.45) is 22.6. The Bertz CT molecular complexity index is 238. The van der Waals surface area contributed by atoms with Gasteiger partial charge in [0.15, 0.2) is 5.79 Å². The van der Waals surface area contributed by atoms with Crippen LogP contribution in [0.1, 0.15) is 136 Å². The van der Waals surface area contributed by atoms with E-state index in [1.807, 2.05) is 0 Å². The van der Waals surface area contributed by atoms with E-state index in [2.05, 4.69) is 13.8 Å². The van der Waals surface area contributed by atoms with E-state index < -0.39 is 5.79 Å². The molecular weight excluding hydrogens is 296 g/mol. The fourth-order valence-corrected chi connectivity index (χ4v) is 3.39. The lowest BCUT2D eigenvalue weighted by Crippen LogP contribution is -2.27. The maximum Gasteiger partial charge on any atom is 0.162 e. The van der Waals surface area contributed by atoms with Crippen molar-refractivity contribution in [1.29, 1.82) is 0 Å². The van der Waals surface area contributed by atoms with Crippen molar-refractivity contribution in [1.82, 2.24) is 0 Å². The minimum absolute atomic E-state index is 0.552. The van der Waals surface area contributed by atoms with Gasteiger partial charge in [0.2, 0.25) is 0 Å². The highest BCUT2D eigenvalue weighted by atomic mass is 16.5. The van der Waals surface area contributed by atoms with Crippen molar-refractivity contribution in [2.45, 2.75) is 142 Å². The van der Waals surface area contributed by atoms with Crippen LogP contribution in [0.25, 0.3) is 0 Å². The molecule has 2 N–H and O–H groups in total. The first-order valence-corrected chi connectivity index (χ1v) is 11.1. The first kappa shape index (κ1) is 23.9. The van der Waals surface area contributed by atoms with E-state index in [-0.39, 0.29) is 0 Å². The van der Waals surface area contributed by atoms with E-state index in [9.17, 15) is 10.2 Å². The van der Waals surface area contributed by atoms with Crippen molar-refractivity contribution in [3.63, 3.8) is 0 Å². The molecule has 0 aromatic heterocycles. The molecule has 0 radical (unpaired) electrons. The van der Waals surface area contributed by atoms with E-state index in [1.165, 1.54) is 83.5 Å². The second-order valence-electron chi connectivity index (χ2n) is 7.79. The molecule has 2 nitrogen and oxygen atoms in total. The maximum absolute atomic E-state index is 10.0. The minimum atomic E-state index is -1.41. The molecule has 0 saturated heterocycles. The Morgan fingerprint density at radius 1 is 0.417 bits per heavy atom. The summed E-state index contributed by atoms with van der Waals surface area (Å²) in [6.45, 7) is 4.49. The molecule has 0 unspecified atom stereocenters. The van der Waals surface area contributed by atoms with Crippen LogP contribution in [0.15, 0.2) is 0 Å². The smallest absolute Gasteiger partial charge is 0.162 e. The third-order valence-electron chi connectivity index (χ3n) is 5.11. The van der Waals surface area contributed by atoms with Crippen LogP contribution in [-0.4, -0.2) is 16.0 Å². The first-order valence-electron chi connectivity index (χ1n) is 11.1.